The van der Waals surface area contributed by atoms with E-state index in [1.54, 1.807) is 6.07 Å². The maximum Gasteiger partial charge on any atom is 0.185 e. The number of nitrogens with zero attached hydrogens (tertiary/aromatic N) is 1. The Morgan fingerprint density at radius 1 is 1.22 bits per heavy atom. The lowest BCUT2D eigenvalue weighted by atomic mass is 10.1. The Balaban J connectivity index is 2.58. The molecule has 1 aromatic heterocycles. The first-order valence-electron chi connectivity index (χ1n) is 6.18. The molecule has 0 saturated carbocycles. The third kappa shape index (κ3) is 2.28. The predicted molar refractivity (Wildman–Crippen MR) is 69.8 cm³/mol. The summed E-state index contributed by atoms with van der Waals surface area (Å²) in [7, 11) is 0. The largest absolute Gasteiger partial charge is 0.370 e. The van der Waals surface area contributed by atoms with Gasteiger partial charge >= 0.3 is 0 Å². The zero-order valence-electron chi connectivity index (χ0n) is 10.6. The molecule has 0 aliphatic rings. The fourth-order valence-electron chi connectivity index (χ4n) is 1.89. The van der Waals surface area contributed by atoms with Crippen LogP contribution in [-0.2, 0) is 6.42 Å². The maximum atomic E-state index is 13.7. The van der Waals surface area contributed by atoms with Crippen LogP contribution in [0, 0.1) is 11.6 Å². The third-order valence-electron chi connectivity index (χ3n) is 2.88. The molecule has 0 fully saturated rings. The van der Waals surface area contributed by atoms with Crippen LogP contribution in [0.4, 0.5) is 14.6 Å². The standard InChI is InChI=1S/C14H16F2N2/c1-3-7-17-14-9(4-2)8-10-5-6-11(15)12(16)13(10)18-14/h5-6,8H,3-4,7H2,1-2H3,(H,17,18). The van der Waals surface area contributed by atoms with Crippen molar-refractivity contribution in [3.63, 3.8) is 0 Å². The number of rotatable bonds is 4. The molecular formula is C14H16F2N2. The molecule has 1 aromatic carbocycles. The van der Waals surface area contributed by atoms with E-state index in [-0.39, 0.29) is 5.52 Å². The summed E-state index contributed by atoms with van der Waals surface area (Å²) in [5.41, 5.74) is 1.10. The molecule has 0 radical (unpaired) electrons. The van der Waals surface area contributed by atoms with E-state index in [2.05, 4.69) is 10.3 Å². The van der Waals surface area contributed by atoms with Gasteiger partial charge in [-0.3, -0.25) is 0 Å². The van der Waals surface area contributed by atoms with E-state index in [1.165, 1.54) is 0 Å². The molecule has 0 aliphatic heterocycles. The molecule has 18 heavy (non-hydrogen) atoms. The highest BCUT2D eigenvalue weighted by Crippen LogP contribution is 2.24. The second kappa shape index (κ2) is 5.29. The van der Waals surface area contributed by atoms with Crippen molar-refractivity contribution in [1.29, 1.82) is 0 Å². The van der Waals surface area contributed by atoms with Gasteiger partial charge in [-0.25, -0.2) is 13.8 Å². The van der Waals surface area contributed by atoms with Crippen molar-refractivity contribution in [2.75, 3.05) is 11.9 Å². The Kier molecular flexibility index (Phi) is 3.75. The summed E-state index contributed by atoms with van der Waals surface area (Å²) >= 11 is 0. The van der Waals surface area contributed by atoms with Crippen LogP contribution in [0.15, 0.2) is 18.2 Å². The first-order valence-corrected chi connectivity index (χ1v) is 6.18. The molecule has 0 unspecified atom stereocenters. The molecule has 0 spiro atoms. The van der Waals surface area contributed by atoms with Gasteiger partial charge in [0.2, 0.25) is 0 Å². The zero-order valence-corrected chi connectivity index (χ0v) is 10.6. The molecule has 0 saturated heterocycles. The molecule has 1 N–H and O–H groups in total. The van der Waals surface area contributed by atoms with Crippen LogP contribution < -0.4 is 5.32 Å². The van der Waals surface area contributed by atoms with Gasteiger partial charge in [0, 0.05) is 11.9 Å². The molecular weight excluding hydrogens is 234 g/mol. The molecule has 96 valence electrons. The van der Waals surface area contributed by atoms with Crippen LogP contribution in [0.1, 0.15) is 25.8 Å². The highest BCUT2D eigenvalue weighted by molar-refractivity contribution is 5.82. The van der Waals surface area contributed by atoms with Gasteiger partial charge < -0.3 is 5.32 Å². The van der Waals surface area contributed by atoms with E-state index in [1.807, 2.05) is 19.9 Å². The summed E-state index contributed by atoms with van der Waals surface area (Å²) in [6.45, 7) is 4.82. The lowest BCUT2D eigenvalue weighted by Gasteiger charge is -2.11. The van der Waals surface area contributed by atoms with Gasteiger partial charge in [0.25, 0.3) is 0 Å². The third-order valence-corrected chi connectivity index (χ3v) is 2.88. The van der Waals surface area contributed by atoms with Crippen LogP contribution in [0.5, 0.6) is 0 Å². The summed E-state index contributed by atoms with van der Waals surface area (Å²) < 4.78 is 26.9. The maximum absolute atomic E-state index is 13.7. The average Bonchev–Trinajstić information content (AvgIpc) is 2.40. The minimum absolute atomic E-state index is 0.0887. The van der Waals surface area contributed by atoms with E-state index in [4.69, 9.17) is 0 Å². The minimum atomic E-state index is -0.880. The van der Waals surface area contributed by atoms with Crippen LogP contribution in [0.25, 0.3) is 10.9 Å². The van der Waals surface area contributed by atoms with E-state index in [0.29, 0.717) is 11.2 Å². The van der Waals surface area contributed by atoms with Crippen molar-refractivity contribution in [3.05, 3.63) is 35.4 Å². The van der Waals surface area contributed by atoms with E-state index in [0.717, 1.165) is 31.0 Å². The zero-order chi connectivity index (χ0) is 13.1. The minimum Gasteiger partial charge on any atom is -0.370 e. The first kappa shape index (κ1) is 12.7. The molecule has 2 rings (SSSR count). The molecule has 0 bridgehead atoms. The molecule has 2 aromatic rings. The summed E-state index contributed by atoms with van der Waals surface area (Å²) in [6, 6.07) is 4.56. The molecule has 2 nitrogen and oxygen atoms in total. The second-order valence-electron chi connectivity index (χ2n) is 4.21. The van der Waals surface area contributed by atoms with Crippen molar-refractivity contribution < 1.29 is 8.78 Å². The number of hydrogen-bond acceptors (Lipinski definition) is 2. The molecule has 0 aliphatic carbocycles. The number of halogens is 2. The van der Waals surface area contributed by atoms with Crippen LogP contribution >= 0.6 is 0 Å². The predicted octanol–water partition coefficient (Wildman–Crippen LogP) is 3.90. The number of fused-ring (bicyclic) bond motifs is 1. The SMILES string of the molecule is CCCNc1nc2c(F)c(F)ccc2cc1CC. The van der Waals surface area contributed by atoms with Crippen LogP contribution in [0.3, 0.4) is 0 Å². The summed E-state index contributed by atoms with van der Waals surface area (Å²) in [5.74, 6) is -1.09. The van der Waals surface area contributed by atoms with Gasteiger partial charge in [-0.1, -0.05) is 13.8 Å². The van der Waals surface area contributed by atoms with Gasteiger partial charge in [0.15, 0.2) is 11.6 Å². The van der Waals surface area contributed by atoms with Gasteiger partial charge in [-0.2, -0.15) is 0 Å². The average molecular weight is 250 g/mol. The highest BCUT2D eigenvalue weighted by atomic mass is 19.2. The molecule has 1 heterocycles. The van der Waals surface area contributed by atoms with Gasteiger partial charge in [0.05, 0.1) is 0 Å². The van der Waals surface area contributed by atoms with Crippen LogP contribution in [-0.4, -0.2) is 11.5 Å². The van der Waals surface area contributed by atoms with Crippen molar-refractivity contribution in [2.24, 2.45) is 0 Å². The summed E-state index contributed by atoms with van der Waals surface area (Å²) in [5, 5.41) is 3.78. The van der Waals surface area contributed by atoms with Crippen molar-refractivity contribution in [3.8, 4) is 0 Å². The summed E-state index contributed by atoms with van der Waals surface area (Å²) in [6.07, 6.45) is 1.75. The molecule has 0 atom stereocenters. The number of pyridine rings is 1. The Morgan fingerprint density at radius 2 is 2.00 bits per heavy atom. The topological polar surface area (TPSA) is 24.9 Å². The Labute approximate surface area is 105 Å². The fourth-order valence-corrected chi connectivity index (χ4v) is 1.89. The Bertz CT molecular complexity index is 567. The fraction of sp³-hybridized carbons (Fsp3) is 0.357. The highest BCUT2D eigenvalue weighted by Gasteiger charge is 2.11. The quantitative estimate of drug-likeness (QED) is 0.890. The number of aromatic nitrogens is 1. The van der Waals surface area contributed by atoms with E-state index < -0.39 is 11.6 Å². The van der Waals surface area contributed by atoms with Gasteiger partial charge in [-0.15, -0.1) is 0 Å². The monoisotopic (exact) mass is 250 g/mol. The van der Waals surface area contributed by atoms with Crippen molar-refractivity contribution in [1.82, 2.24) is 4.98 Å². The van der Waals surface area contributed by atoms with Crippen molar-refractivity contribution >= 4 is 16.7 Å². The number of hydrogen-bond donors (Lipinski definition) is 1. The Morgan fingerprint density at radius 3 is 2.67 bits per heavy atom. The normalized spacial score (nSPS) is 10.9. The number of benzene rings is 1. The molecule has 0 amide bonds. The van der Waals surface area contributed by atoms with E-state index >= 15 is 0 Å². The van der Waals surface area contributed by atoms with Gasteiger partial charge in [0.1, 0.15) is 11.3 Å². The van der Waals surface area contributed by atoms with Gasteiger partial charge in [-0.05, 0) is 36.6 Å². The molecule has 4 heteroatoms. The van der Waals surface area contributed by atoms with Crippen molar-refractivity contribution in [2.45, 2.75) is 26.7 Å². The van der Waals surface area contributed by atoms with Crippen LogP contribution in [0.2, 0.25) is 0 Å². The first-order chi connectivity index (χ1) is 8.67. The number of anilines is 1. The lowest BCUT2D eigenvalue weighted by molar-refractivity contribution is 0.515. The summed E-state index contributed by atoms with van der Waals surface area (Å²) in [4.78, 5) is 4.22. The van der Waals surface area contributed by atoms with E-state index in [9.17, 15) is 8.78 Å². The number of aryl methyl sites for hydroxylation is 1. The lowest BCUT2D eigenvalue weighted by Crippen LogP contribution is -2.06. The number of nitrogens with one attached hydrogen (secondary N) is 1. The smallest absolute Gasteiger partial charge is 0.185 e. The second-order valence-corrected chi connectivity index (χ2v) is 4.21. The Hall–Kier alpha value is -1.71.